The van der Waals surface area contributed by atoms with Crippen LogP contribution in [0.2, 0.25) is 0 Å². The van der Waals surface area contributed by atoms with Crippen LogP contribution in [0.15, 0.2) is 18.2 Å². The zero-order chi connectivity index (χ0) is 18.4. The van der Waals surface area contributed by atoms with Crippen molar-refractivity contribution >= 4 is 17.5 Å². The highest BCUT2D eigenvalue weighted by Gasteiger charge is 2.26. The maximum Gasteiger partial charge on any atom is 0.238 e. The van der Waals surface area contributed by atoms with Crippen molar-refractivity contribution in [3.63, 3.8) is 0 Å². The van der Waals surface area contributed by atoms with E-state index in [-0.39, 0.29) is 23.8 Å². The lowest BCUT2D eigenvalue weighted by Crippen LogP contribution is -2.44. The Bertz CT molecular complexity index is 607. The van der Waals surface area contributed by atoms with Gasteiger partial charge in [-0.3, -0.25) is 14.5 Å². The molecule has 0 saturated carbocycles. The highest BCUT2D eigenvalue weighted by atomic mass is 16.2. The van der Waals surface area contributed by atoms with Gasteiger partial charge in [0, 0.05) is 17.6 Å². The number of benzene rings is 1. The minimum Gasteiger partial charge on any atom is -0.353 e. The molecule has 1 fully saturated rings. The number of nitrogens with one attached hydrogen (secondary N) is 2. The van der Waals surface area contributed by atoms with Gasteiger partial charge in [0.05, 0.1) is 6.54 Å². The summed E-state index contributed by atoms with van der Waals surface area (Å²) < 4.78 is 0. The van der Waals surface area contributed by atoms with Gasteiger partial charge >= 0.3 is 0 Å². The third kappa shape index (κ3) is 5.85. The molecule has 1 saturated heterocycles. The van der Waals surface area contributed by atoms with Crippen LogP contribution in [0.5, 0.6) is 0 Å². The molecule has 2 N–H and O–H groups in total. The minimum absolute atomic E-state index is 0.00876. The smallest absolute Gasteiger partial charge is 0.238 e. The molecule has 2 rings (SSSR count). The molecular weight excluding hydrogens is 314 g/mol. The molecule has 1 aliphatic rings. The number of nitrogens with zero attached hydrogens (tertiary/aromatic N) is 1. The summed E-state index contributed by atoms with van der Waals surface area (Å²) in [5.41, 5.74) is 3.14. The van der Waals surface area contributed by atoms with E-state index in [4.69, 9.17) is 0 Å². The first-order valence-corrected chi connectivity index (χ1v) is 9.29. The Hall–Kier alpha value is -1.88. The number of carbonyl (C=O) groups excluding carboxylic acids is 2. The fourth-order valence-electron chi connectivity index (χ4n) is 3.16. The van der Waals surface area contributed by atoms with Crippen LogP contribution in [0.25, 0.3) is 0 Å². The standard InChI is InChI=1S/C20H31N3O2/c1-5-16(4)21-20(25)17-8-10-23(11-9-17)13-19(24)22-18-7-6-14(2)12-15(18)3/h6-7,12,16-17H,5,8-11,13H2,1-4H3,(H,21,25)(H,22,24). The van der Waals surface area contributed by atoms with Gasteiger partial charge in [-0.15, -0.1) is 0 Å². The number of hydrogen-bond acceptors (Lipinski definition) is 3. The zero-order valence-electron chi connectivity index (χ0n) is 15.9. The third-order valence-electron chi connectivity index (χ3n) is 4.98. The molecule has 1 heterocycles. The van der Waals surface area contributed by atoms with E-state index >= 15 is 0 Å². The van der Waals surface area contributed by atoms with Gasteiger partial charge in [-0.2, -0.15) is 0 Å². The lowest BCUT2D eigenvalue weighted by atomic mass is 9.95. The van der Waals surface area contributed by atoms with E-state index in [1.165, 1.54) is 5.56 Å². The van der Waals surface area contributed by atoms with Gasteiger partial charge in [0.25, 0.3) is 0 Å². The first-order chi connectivity index (χ1) is 11.9. The molecule has 1 aromatic rings. The van der Waals surface area contributed by atoms with Gasteiger partial charge in [-0.05, 0) is 64.8 Å². The van der Waals surface area contributed by atoms with Crippen LogP contribution < -0.4 is 10.6 Å². The molecule has 1 aliphatic heterocycles. The van der Waals surface area contributed by atoms with Crippen LogP contribution in [0, 0.1) is 19.8 Å². The summed E-state index contributed by atoms with van der Waals surface area (Å²) in [5, 5.41) is 6.05. The molecule has 0 bridgehead atoms. The predicted molar refractivity (Wildman–Crippen MR) is 102 cm³/mol. The van der Waals surface area contributed by atoms with Gasteiger partial charge in [0.2, 0.25) is 11.8 Å². The Morgan fingerprint density at radius 3 is 2.52 bits per heavy atom. The number of rotatable bonds is 6. The minimum atomic E-state index is 0.00876. The van der Waals surface area contributed by atoms with Gasteiger partial charge < -0.3 is 10.6 Å². The SMILES string of the molecule is CCC(C)NC(=O)C1CCN(CC(=O)Nc2ccc(C)cc2C)CC1. The molecule has 5 nitrogen and oxygen atoms in total. The summed E-state index contributed by atoms with van der Waals surface area (Å²) >= 11 is 0. The molecule has 0 radical (unpaired) electrons. The zero-order valence-corrected chi connectivity index (χ0v) is 15.9. The van der Waals surface area contributed by atoms with Crippen LogP contribution in [0.3, 0.4) is 0 Å². The molecule has 2 amide bonds. The summed E-state index contributed by atoms with van der Waals surface area (Å²) in [4.78, 5) is 26.6. The highest BCUT2D eigenvalue weighted by molar-refractivity contribution is 5.93. The van der Waals surface area contributed by atoms with Gasteiger partial charge in [-0.25, -0.2) is 0 Å². The van der Waals surface area contributed by atoms with Crippen LogP contribution in [0.1, 0.15) is 44.2 Å². The Balaban J connectivity index is 1.77. The van der Waals surface area contributed by atoms with Crippen molar-refractivity contribution < 1.29 is 9.59 Å². The molecule has 138 valence electrons. The molecule has 1 unspecified atom stereocenters. The van der Waals surface area contributed by atoms with E-state index in [2.05, 4.69) is 28.5 Å². The maximum absolute atomic E-state index is 12.3. The molecule has 0 aromatic heterocycles. The second-order valence-electron chi connectivity index (χ2n) is 7.23. The number of aryl methyl sites for hydroxylation is 2. The molecule has 5 heteroatoms. The van der Waals surface area contributed by atoms with Gasteiger partial charge in [-0.1, -0.05) is 24.6 Å². The Kier molecular flexibility index (Phi) is 7.00. The Morgan fingerprint density at radius 2 is 1.92 bits per heavy atom. The number of anilines is 1. The average Bonchev–Trinajstić information content (AvgIpc) is 2.57. The fraction of sp³-hybridized carbons (Fsp3) is 0.600. The van der Waals surface area contributed by atoms with Gasteiger partial charge in [0.15, 0.2) is 0 Å². The quantitative estimate of drug-likeness (QED) is 0.833. The number of amides is 2. The van der Waals surface area contributed by atoms with Crippen molar-refractivity contribution in [1.29, 1.82) is 0 Å². The molecule has 25 heavy (non-hydrogen) atoms. The van der Waals surface area contributed by atoms with E-state index in [0.29, 0.717) is 6.54 Å². The molecule has 1 aromatic carbocycles. The first kappa shape index (κ1) is 19.4. The van der Waals surface area contributed by atoms with E-state index in [1.54, 1.807) is 0 Å². The number of hydrogen-bond donors (Lipinski definition) is 2. The van der Waals surface area contributed by atoms with E-state index in [9.17, 15) is 9.59 Å². The number of likely N-dealkylation sites (tertiary alicyclic amines) is 1. The first-order valence-electron chi connectivity index (χ1n) is 9.29. The molecular formula is C20H31N3O2. The van der Waals surface area contributed by atoms with Gasteiger partial charge in [0.1, 0.15) is 0 Å². The maximum atomic E-state index is 12.3. The monoisotopic (exact) mass is 345 g/mol. The van der Waals surface area contributed by atoms with Crippen molar-refractivity contribution in [1.82, 2.24) is 10.2 Å². The third-order valence-corrected chi connectivity index (χ3v) is 4.98. The van der Waals surface area contributed by atoms with Crippen LogP contribution in [-0.4, -0.2) is 42.4 Å². The fourth-order valence-corrected chi connectivity index (χ4v) is 3.16. The normalized spacial score (nSPS) is 17.1. The van der Waals surface area contributed by atoms with Crippen molar-refractivity contribution in [2.45, 2.75) is 53.0 Å². The molecule has 0 spiro atoms. The van der Waals surface area contributed by atoms with E-state index in [1.807, 2.05) is 32.9 Å². The second kappa shape index (κ2) is 8.99. The largest absolute Gasteiger partial charge is 0.353 e. The van der Waals surface area contributed by atoms with Crippen molar-refractivity contribution in [2.75, 3.05) is 25.0 Å². The molecule has 1 atom stereocenters. The van der Waals surface area contributed by atoms with Crippen molar-refractivity contribution in [2.24, 2.45) is 5.92 Å². The Labute approximate surface area is 151 Å². The average molecular weight is 345 g/mol. The summed E-state index contributed by atoms with van der Waals surface area (Å²) in [6.07, 6.45) is 2.58. The topological polar surface area (TPSA) is 61.4 Å². The van der Waals surface area contributed by atoms with Crippen LogP contribution in [-0.2, 0) is 9.59 Å². The lowest BCUT2D eigenvalue weighted by molar-refractivity contribution is -0.127. The van der Waals surface area contributed by atoms with Crippen molar-refractivity contribution in [3.05, 3.63) is 29.3 Å². The molecule has 0 aliphatic carbocycles. The van der Waals surface area contributed by atoms with Crippen LogP contribution >= 0.6 is 0 Å². The summed E-state index contributed by atoms with van der Waals surface area (Å²) in [6, 6.07) is 6.25. The van der Waals surface area contributed by atoms with E-state index in [0.717, 1.165) is 43.6 Å². The van der Waals surface area contributed by atoms with Crippen LogP contribution in [0.4, 0.5) is 5.69 Å². The number of piperidine rings is 1. The highest BCUT2D eigenvalue weighted by Crippen LogP contribution is 2.19. The van der Waals surface area contributed by atoms with Crippen molar-refractivity contribution in [3.8, 4) is 0 Å². The number of carbonyl (C=O) groups is 2. The van der Waals surface area contributed by atoms with E-state index < -0.39 is 0 Å². The predicted octanol–water partition coefficient (Wildman–Crippen LogP) is 2.87. The lowest BCUT2D eigenvalue weighted by Gasteiger charge is -2.31. The summed E-state index contributed by atoms with van der Waals surface area (Å²) in [5.74, 6) is 0.246. The second-order valence-corrected chi connectivity index (χ2v) is 7.23. The summed E-state index contributed by atoms with van der Waals surface area (Å²) in [7, 11) is 0. The Morgan fingerprint density at radius 1 is 1.24 bits per heavy atom. The summed E-state index contributed by atoms with van der Waals surface area (Å²) in [6.45, 7) is 10.1.